The van der Waals surface area contributed by atoms with Gasteiger partial charge in [-0.3, -0.25) is 4.79 Å². The van der Waals surface area contributed by atoms with Crippen molar-refractivity contribution in [1.82, 2.24) is 9.55 Å². The molecule has 0 aliphatic carbocycles. The second-order valence-electron chi connectivity index (χ2n) is 4.19. The summed E-state index contributed by atoms with van der Waals surface area (Å²) in [6.45, 7) is 4.02. The van der Waals surface area contributed by atoms with Crippen molar-refractivity contribution in [2.45, 2.75) is 20.5 Å². The Morgan fingerprint density at radius 2 is 2.21 bits per heavy atom. The summed E-state index contributed by atoms with van der Waals surface area (Å²) in [4.78, 5) is 28.6. The van der Waals surface area contributed by atoms with Crippen LogP contribution in [-0.2, 0) is 18.4 Å². The fraction of sp³-hybridized carbons (Fsp3) is 0.308. The fourth-order valence-electron chi connectivity index (χ4n) is 1.49. The summed E-state index contributed by atoms with van der Waals surface area (Å²) in [6.07, 6.45) is 1.54. The number of carbonyl (C=O) groups excluding carboxylic acids is 1. The van der Waals surface area contributed by atoms with Gasteiger partial charge in [0.25, 0.3) is 5.56 Å². The molecule has 0 aromatic carbocycles. The second-order valence-corrected chi connectivity index (χ2v) is 5.48. The molecule has 0 aliphatic rings. The fourth-order valence-corrected chi connectivity index (χ4v) is 2.33. The van der Waals surface area contributed by atoms with E-state index in [1.807, 2.05) is 13.8 Å². The van der Waals surface area contributed by atoms with Crippen LogP contribution in [0, 0.1) is 13.8 Å². The maximum atomic E-state index is 11.8. The van der Waals surface area contributed by atoms with Gasteiger partial charge >= 0.3 is 5.97 Å². The molecule has 2 aromatic heterocycles. The number of aromatic nitrogens is 2. The molecular weight excluding hydrogens is 264 g/mol. The Labute approximate surface area is 114 Å². The molecule has 19 heavy (non-hydrogen) atoms. The van der Waals surface area contributed by atoms with Gasteiger partial charge < -0.3 is 9.30 Å². The number of esters is 1. The second kappa shape index (κ2) is 5.36. The van der Waals surface area contributed by atoms with Gasteiger partial charge in [0, 0.05) is 24.2 Å². The van der Waals surface area contributed by atoms with E-state index in [0.717, 1.165) is 15.6 Å². The molecule has 0 saturated carbocycles. The van der Waals surface area contributed by atoms with Crippen molar-refractivity contribution < 1.29 is 9.53 Å². The van der Waals surface area contributed by atoms with Crippen LogP contribution >= 0.6 is 11.3 Å². The summed E-state index contributed by atoms with van der Waals surface area (Å²) < 4.78 is 6.53. The molecule has 2 rings (SSSR count). The van der Waals surface area contributed by atoms with Crippen molar-refractivity contribution >= 4 is 17.3 Å². The summed E-state index contributed by atoms with van der Waals surface area (Å²) in [5.74, 6) is -0.511. The Kier molecular flexibility index (Phi) is 3.80. The first-order valence-electron chi connectivity index (χ1n) is 5.74. The number of thiazole rings is 1. The molecule has 6 heteroatoms. The smallest absolute Gasteiger partial charge is 0.338 e. The lowest BCUT2D eigenvalue weighted by Crippen LogP contribution is -2.17. The van der Waals surface area contributed by atoms with Gasteiger partial charge in [0.05, 0.1) is 11.3 Å². The molecule has 0 amide bonds. The molecular formula is C13H14N2O3S. The van der Waals surface area contributed by atoms with E-state index in [-0.39, 0.29) is 17.7 Å². The third-order valence-electron chi connectivity index (χ3n) is 2.74. The molecule has 0 N–H and O–H groups in total. The first-order chi connectivity index (χ1) is 8.97. The van der Waals surface area contributed by atoms with Crippen LogP contribution < -0.4 is 5.56 Å². The maximum Gasteiger partial charge on any atom is 0.338 e. The highest BCUT2D eigenvalue weighted by Gasteiger charge is 2.10. The minimum Gasteiger partial charge on any atom is -0.455 e. The zero-order chi connectivity index (χ0) is 14.0. The van der Waals surface area contributed by atoms with Crippen LogP contribution in [0.15, 0.2) is 23.1 Å². The van der Waals surface area contributed by atoms with Gasteiger partial charge in [0.1, 0.15) is 11.6 Å². The quantitative estimate of drug-likeness (QED) is 0.803. The lowest BCUT2D eigenvalue weighted by Gasteiger charge is -2.03. The van der Waals surface area contributed by atoms with Crippen molar-refractivity contribution in [3.05, 3.63) is 49.8 Å². The molecule has 100 valence electrons. The summed E-state index contributed by atoms with van der Waals surface area (Å²) in [7, 11) is 1.62. The van der Waals surface area contributed by atoms with Gasteiger partial charge in [0.2, 0.25) is 0 Å². The number of hydrogen-bond donors (Lipinski definition) is 0. The lowest BCUT2D eigenvalue weighted by atomic mass is 10.3. The first-order valence-corrected chi connectivity index (χ1v) is 6.55. The highest BCUT2D eigenvalue weighted by atomic mass is 32.1. The third-order valence-corrected chi connectivity index (χ3v) is 3.79. The SMILES string of the molecule is Cc1nc(COC(=O)c2ccn(C)c(=O)c2)sc1C. The highest BCUT2D eigenvalue weighted by molar-refractivity contribution is 7.11. The van der Waals surface area contributed by atoms with Crippen molar-refractivity contribution in [3.8, 4) is 0 Å². The summed E-state index contributed by atoms with van der Waals surface area (Å²) >= 11 is 1.50. The van der Waals surface area contributed by atoms with E-state index in [9.17, 15) is 9.59 Å². The van der Waals surface area contributed by atoms with Gasteiger partial charge in [0.15, 0.2) is 0 Å². The van der Waals surface area contributed by atoms with Crippen LogP contribution in [0.25, 0.3) is 0 Å². The van der Waals surface area contributed by atoms with Gasteiger partial charge in [-0.25, -0.2) is 9.78 Å². The average molecular weight is 278 g/mol. The maximum absolute atomic E-state index is 11.8. The summed E-state index contributed by atoms with van der Waals surface area (Å²) in [5, 5.41) is 0.757. The van der Waals surface area contributed by atoms with Crippen LogP contribution in [0.5, 0.6) is 0 Å². The van der Waals surface area contributed by atoms with Gasteiger partial charge in [-0.2, -0.15) is 0 Å². The minimum absolute atomic E-state index is 0.132. The van der Waals surface area contributed by atoms with Crippen molar-refractivity contribution in [3.63, 3.8) is 0 Å². The molecule has 0 aliphatic heterocycles. The first kappa shape index (κ1) is 13.5. The molecule has 0 radical (unpaired) electrons. The van der Waals surface area contributed by atoms with E-state index in [0.29, 0.717) is 0 Å². The number of pyridine rings is 1. The van der Waals surface area contributed by atoms with E-state index in [4.69, 9.17) is 4.74 Å². The zero-order valence-corrected chi connectivity index (χ0v) is 11.8. The number of hydrogen-bond acceptors (Lipinski definition) is 5. The third kappa shape index (κ3) is 3.08. The molecule has 0 saturated heterocycles. The number of carbonyl (C=O) groups is 1. The molecule has 0 fully saturated rings. The lowest BCUT2D eigenvalue weighted by molar-refractivity contribution is 0.0472. The summed E-state index contributed by atoms with van der Waals surface area (Å²) in [5.41, 5.74) is 0.966. The van der Waals surface area contributed by atoms with Crippen molar-refractivity contribution in [1.29, 1.82) is 0 Å². The number of ether oxygens (including phenoxy) is 1. The monoisotopic (exact) mass is 278 g/mol. The van der Waals surface area contributed by atoms with E-state index < -0.39 is 5.97 Å². The molecule has 2 aromatic rings. The van der Waals surface area contributed by atoms with E-state index in [1.165, 1.54) is 28.2 Å². The number of nitrogens with zero attached hydrogens (tertiary/aromatic N) is 2. The van der Waals surface area contributed by atoms with E-state index >= 15 is 0 Å². The van der Waals surface area contributed by atoms with Crippen molar-refractivity contribution in [2.75, 3.05) is 0 Å². The average Bonchev–Trinajstić information content (AvgIpc) is 2.69. The van der Waals surface area contributed by atoms with Gasteiger partial charge in [-0.1, -0.05) is 0 Å². The molecule has 5 nitrogen and oxygen atoms in total. The van der Waals surface area contributed by atoms with Crippen LogP contribution in [0.2, 0.25) is 0 Å². The Morgan fingerprint density at radius 1 is 1.47 bits per heavy atom. The largest absolute Gasteiger partial charge is 0.455 e. The number of rotatable bonds is 3. The standard InChI is InChI=1S/C13H14N2O3S/c1-8-9(2)19-11(14-8)7-18-13(17)10-4-5-15(3)12(16)6-10/h4-6H,7H2,1-3H3. The van der Waals surface area contributed by atoms with Gasteiger partial charge in [-0.15, -0.1) is 11.3 Å². The molecule has 0 bridgehead atoms. The Bertz CT molecular complexity index is 653. The molecule has 2 heterocycles. The predicted octanol–water partition coefficient (Wildman–Crippen LogP) is 1.82. The topological polar surface area (TPSA) is 61.2 Å². The van der Waals surface area contributed by atoms with Crippen LogP contribution in [0.3, 0.4) is 0 Å². The number of aryl methyl sites for hydroxylation is 3. The Hall–Kier alpha value is -1.95. The van der Waals surface area contributed by atoms with E-state index in [2.05, 4.69) is 4.98 Å². The van der Waals surface area contributed by atoms with Crippen LogP contribution in [0.1, 0.15) is 25.9 Å². The highest BCUT2D eigenvalue weighted by Crippen LogP contribution is 2.17. The summed E-state index contributed by atoms with van der Waals surface area (Å²) in [6, 6.07) is 2.82. The normalized spacial score (nSPS) is 10.5. The molecule has 0 spiro atoms. The van der Waals surface area contributed by atoms with Crippen LogP contribution in [-0.4, -0.2) is 15.5 Å². The van der Waals surface area contributed by atoms with Gasteiger partial charge in [-0.05, 0) is 19.9 Å². The van der Waals surface area contributed by atoms with Crippen LogP contribution in [0.4, 0.5) is 0 Å². The molecule has 0 atom stereocenters. The van der Waals surface area contributed by atoms with E-state index in [1.54, 1.807) is 13.1 Å². The minimum atomic E-state index is -0.511. The Balaban J connectivity index is 2.05. The predicted molar refractivity (Wildman–Crippen MR) is 72.4 cm³/mol. The Morgan fingerprint density at radius 3 is 2.79 bits per heavy atom. The molecule has 0 unspecified atom stereocenters. The van der Waals surface area contributed by atoms with Crippen molar-refractivity contribution in [2.24, 2.45) is 7.05 Å². The zero-order valence-electron chi connectivity index (χ0n) is 11.0.